The summed E-state index contributed by atoms with van der Waals surface area (Å²) in [5.41, 5.74) is 2.23. The first kappa shape index (κ1) is 15.1. The maximum Gasteiger partial charge on any atom is 0.270 e. The van der Waals surface area contributed by atoms with Crippen molar-refractivity contribution in [3.63, 3.8) is 0 Å². The fourth-order valence-corrected chi connectivity index (χ4v) is 2.40. The van der Waals surface area contributed by atoms with Crippen molar-refractivity contribution in [3.05, 3.63) is 54.4 Å². The van der Waals surface area contributed by atoms with E-state index in [-0.39, 0.29) is 17.9 Å². The Morgan fingerprint density at radius 2 is 1.96 bits per heavy atom. The number of nitrogens with one attached hydrogen (secondary N) is 1. The number of fused-ring (bicyclic) bond motifs is 1. The molecule has 0 fully saturated rings. The Kier molecular flexibility index (Phi) is 4.32. The van der Waals surface area contributed by atoms with Crippen LogP contribution in [0.15, 0.2) is 48.7 Å². The lowest BCUT2D eigenvalue weighted by Gasteiger charge is -2.22. The fourth-order valence-electron chi connectivity index (χ4n) is 2.40. The van der Waals surface area contributed by atoms with Crippen LogP contribution in [0.3, 0.4) is 0 Å². The van der Waals surface area contributed by atoms with Gasteiger partial charge < -0.3 is 5.32 Å². The lowest BCUT2D eigenvalue weighted by atomic mass is 10.0. The number of hydrogen-bond donors (Lipinski definition) is 1. The molecule has 2 aromatic heterocycles. The number of para-hydroxylation sites is 1. The summed E-state index contributed by atoms with van der Waals surface area (Å²) in [5, 5.41) is 11.4. The van der Waals surface area contributed by atoms with Crippen molar-refractivity contribution in [2.24, 2.45) is 5.92 Å². The summed E-state index contributed by atoms with van der Waals surface area (Å²) >= 11 is 0. The smallest absolute Gasteiger partial charge is 0.270 e. The Hall–Kier alpha value is -2.76. The van der Waals surface area contributed by atoms with Crippen LogP contribution in [-0.2, 0) is 6.54 Å². The topological polar surface area (TPSA) is 72.7 Å². The van der Waals surface area contributed by atoms with Crippen molar-refractivity contribution in [3.8, 4) is 0 Å². The van der Waals surface area contributed by atoms with Gasteiger partial charge in [0.1, 0.15) is 11.2 Å². The Bertz CT molecular complexity index is 797. The number of nitrogens with zero attached hydrogens (tertiary/aromatic N) is 4. The van der Waals surface area contributed by atoms with E-state index in [1.165, 1.54) is 0 Å². The molecule has 0 saturated carbocycles. The lowest BCUT2D eigenvalue weighted by molar-refractivity contribution is 0.0914. The third-order valence-electron chi connectivity index (χ3n) is 3.81. The van der Waals surface area contributed by atoms with Gasteiger partial charge in [0.15, 0.2) is 0 Å². The number of hydrogen-bond acceptors (Lipinski definition) is 4. The largest absolute Gasteiger partial charge is 0.346 e. The van der Waals surface area contributed by atoms with Crippen LogP contribution in [-0.4, -0.2) is 31.9 Å². The fraction of sp³-hybridized carbons (Fsp3) is 0.294. The van der Waals surface area contributed by atoms with Gasteiger partial charge in [-0.3, -0.25) is 9.78 Å². The van der Waals surface area contributed by atoms with E-state index in [9.17, 15) is 4.79 Å². The first-order valence-electron chi connectivity index (χ1n) is 7.65. The first-order valence-corrected chi connectivity index (χ1v) is 7.65. The van der Waals surface area contributed by atoms with Crippen LogP contribution < -0.4 is 5.32 Å². The predicted molar refractivity (Wildman–Crippen MR) is 87.9 cm³/mol. The Balaban J connectivity index is 1.78. The van der Waals surface area contributed by atoms with E-state index in [4.69, 9.17) is 0 Å². The molecule has 0 radical (unpaired) electrons. The molecule has 0 aliphatic rings. The van der Waals surface area contributed by atoms with Gasteiger partial charge in [0, 0.05) is 6.20 Å². The molecule has 1 amide bonds. The zero-order valence-corrected chi connectivity index (χ0v) is 13.2. The molecule has 0 aliphatic heterocycles. The summed E-state index contributed by atoms with van der Waals surface area (Å²) < 4.78 is 1.83. The monoisotopic (exact) mass is 309 g/mol. The highest BCUT2D eigenvalue weighted by Crippen LogP contribution is 2.13. The van der Waals surface area contributed by atoms with Gasteiger partial charge in [-0.2, -0.15) is 0 Å². The summed E-state index contributed by atoms with van der Waals surface area (Å²) in [6, 6.07) is 13.0. The number of amides is 1. The van der Waals surface area contributed by atoms with E-state index in [0.717, 1.165) is 11.0 Å². The van der Waals surface area contributed by atoms with E-state index in [2.05, 4.69) is 34.5 Å². The molecule has 3 aromatic rings. The third kappa shape index (κ3) is 3.36. The molecule has 0 spiro atoms. The third-order valence-corrected chi connectivity index (χ3v) is 3.81. The van der Waals surface area contributed by atoms with Gasteiger partial charge in [-0.15, -0.1) is 5.10 Å². The van der Waals surface area contributed by atoms with Crippen molar-refractivity contribution in [2.45, 2.75) is 26.4 Å². The van der Waals surface area contributed by atoms with E-state index in [1.807, 2.05) is 28.9 Å². The van der Waals surface area contributed by atoms with Gasteiger partial charge in [0.2, 0.25) is 0 Å². The molecule has 0 bridgehead atoms. The number of carbonyl (C=O) groups is 1. The highest BCUT2D eigenvalue weighted by atomic mass is 16.1. The zero-order chi connectivity index (χ0) is 16.2. The Morgan fingerprint density at radius 1 is 1.17 bits per heavy atom. The summed E-state index contributed by atoms with van der Waals surface area (Å²) in [5.74, 6) is 0.0827. The standard InChI is InChI=1S/C17H19N5O/c1-12(2)15(19-17(23)14-8-5-6-10-18-14)11-22-16-9-4-3-7-13(16)20-21-22/h3-10,12,15H,11H2,1-2H3,(H,19,23)/t15-/m1/s1. The molecule has 6 nitrogen and oxygen atoms in total. The lowest BCUT2D eigenvalue weighted by Crippen LogP contribution is -2.42. The van der Waals surface area contributed by atoms with Crippen LogP contribution in [0.25, 0.3) is 11.0 Å². The molecule has 23 heavy (non-hydrogen) atoms. The molecule has 1 aromatic carbocycles. The minimum atomic E-state index is -0.172. The number of carbonyl (C=O) groups excluding carboxylic acids is 1. The van der Waals surface area contributed by atoms with E-state index in [1.54, 1.807) is 24.4 Å². The number of pyridine rings is 1. The molecule has 1 atom stereocenters. The minimum absolute atomic E-state index is 0.0605. The van der Waals surface area contributed by atoms with E-state index < -0.39 is 0 Å². The molecule has 3 rings (SSSR count). The van der Waals surface area contributed by atoms with Crippen LogP contribution in [0.2, 0.25) is 0 Å². The summed E-state index contributed by atoms with van der Waals surface area (Å²) in [6.07, 6.45) is 1.62. The highest BCUT2D eigenvalue weighted by molar-refractivity contribution is 5.92. The second-order valence-corrected chi connectivity index (χ2v) is 5.80. The first-order chi connectivity index (χ1) is 11.1. The molecule has 0 aliphatic carbocycles. The second kappa shape index (κ2) is 6.56. The summed E-state index contributed by atoms with van der Waals surface area (Å²) in [4.78, 5) is 16.4. The Labute approximate surface area is 134 Å². The molecular formula is C17H19N5O. The van der Waals surface area contributed by atoms with Crippen LogP contribution in [0.5, 0.6) is 0 Å². The van der Waals surface area contributed by atoms with Crippen molar-refractivity contribution in [2.75, 3.05) is 0 Å². The van der Waals surface area contributed by atoms with Gasteiger partial charge in [-0.25, -0.2) is 4.68 Å². The molecule has 6 heteroatoms. The van der Waals surface area contributed by atoms with Gasteiger partial charge in [0.25, 0.3) is 5.91 Å². The molecule has 0 unspecified atom stereocenters. The van der Waals surface area contributed by atoms with Gasteiger partial charge in [0.05, 0.1) is 18.1 Å². The van der Waals surface area contributed by atoms with E-state index >= 15 is 0 Å². The molecule has 2 heterocycles. The normalized spacial score (nSPS) is 12.5. The SMILES string of the molecule is CC(C)[C@@H](Cn1nnc2ccccc21)NC(=O)c1ccccn1. The second-order valence-electron chi connectivity index (χ2n) is 5.80. The van der Waals surface area contributed by atoms with Crippen molar-refractivity contribution < 1.29 is 4.79 Å². The molecule has 1 N–H and O–H groups in total. The van der Waals surface area contributed by atoms with E-state index in [0.29, 0.717) is 12.2 Å². The molecular weight excluding hydrogens is 290 g/mol. The molecule has 118 valence electrons. The number of benzene rings is 1. The maximum atomic E-state index is 12.3. The average Bonchev–Trinajstić information content (AvgIpc) is 2.98. The van der Waals surface area contributed by atoms with Crippen LogP contribution in [0.1, 0.15) is 24.3 Å². The van der Waals surface area contributed by atoms with Crippen molar-refractivity contribution >= 4 is 16.9 Å². The quantitative estimate of drug-likeness (QED) is 0.785. The minimum Gasteiger partial charge on any atom is -0.346 e. The van der Waals surface area contributed by atoms with Crippen molar-refractivity contribution in [1.82, 2.24) is 25.3 Å². The van der Waals surface area contributed by atoms with Crippen molar-refractivity contribution in [1.29, 1.82) is 0 Å². The van der Waals surface area contributed by atoms with Crippen LogP contribution >= 0.6 is 0 Å². The van der Waals surface area contributed by atoms with Gasteiger partial charge in [-0.1, -0.05) is 37.3 Å². The van der Waals surface area contributed by atoms with Gasteiger partial charge >= 0.3 is 0 Å². The van der Waals surface area contributed by atoms with Crippen LogP contribution in [0.4, 0.5) is 0 Å². The summed E-state index contributed by atoms with van der Waals surface area (Å²) in [6.45, 7) is 4.71. The van der Waals surface area contributed by atoms with Gasteiger partial charge in [-0.05, 0) is 30.2 Å². The number of rotatable bonds is 5. The average molecular weight is 309 g/mol. The summed E-state index contributed by atoms with van der Waals surface area (Å²) in [7, 11) is 0. The maximum absolute atomic E-state index is 12.3. The zero-order valence-electron chi connectivity index (χ0n) is 13.2. The van der Waals surface area contributed by atoms with Crippen LogP contribution in [0, 0.1) is 5.92 Å². The predicted octanol–water partition coefficient (Wildman–Crippen LogP) is 2.28. The number of aromatic nitrogens is 4. The Morgan fingerprint density at radius 3 is 2.70 bits per heavy atom. The highest BCUT2D eigenvalue weighted by Gasteiger charge is 2.19. The molecule has 0 saturated heterocycles.